The first-order valence-corrected chi connectivity index (χ1v) is 11.8. The topological polar surface area (TPSA) is 131 Å². The molecule has 1 fully saturated rings. The fourth-order valence-corrected chi connectivity index (χ4v) is 5.61. The fourth-order valence-electron chi connectivity index (χ4n) is 3.42. The molecule has 2 aromatic heterocycles. The Labute approximate surface area is 177 Å². The summed E-state index contributed by atoms with van der Waals surface area (Å²) >= 11 is 1.14. The average molecular weight is 449 g/mol. The van der Waals surface area contributed by atoms with Crippen molar-refractivity contribution < 1.29 is 17.6 Å². The average Bonchev–Trinajstić information content (AvgIpc) is 3.46. The maximum atomic E-state index is 13.0. The van der Waals surface area contributed by atoms with Gasteiger partial charge < -0.3 is 4.42 Å². The van der Waals surface area contributed by atoms with Crippen molar-refractivity contribution in [2.75, 3.05) is 11.9 Å². The van der Waals surface area contributed by atoms with Crippen molar-refractivity contribution in [2.45, 2.75) is 43.5 Å². The van der Waals surface area contributed by atoms with Crippen LogP contribution in [0.4, 0.5) is 6.01 Å². The zero-order chi connectivity index (χ0) is 21.1. The number of aromatic nitrogens is 4. The predicted molar refractivity (Wildman–Crippen MR) is 109 cm³/mol. The summed E-state index contributed by atoms with van der Waals surface area (Å²) in [4.78, 5) is 12.6. The van der Waals surface area contributed by atoms with Crippen molar-refractivity contribution in [3.63, 3.8) is 0 Å². The number of carbonyl (C=O) groups is 1. The van der Waals surface area contributed by atoms with Crippen molar-refractivity contribution in [1.29, 1.82) is 0 Å². The second kappa shape index (κ2) is 8.58. The second-order valence-electron chi connectivity index (χ2n) is 6.85. The van der Waals surface area contributed by atoms with Crippen molar-refractivity contribution in [1.82, 2.24) is 24.1 Å². The van der Waals surface area contributed by atoms with Crippen LogP contribution in [0.15, 0.2) is 39.0 Å². The van der Waals surface area contributed by atoms with E-state index < -0.39 is 15.9 Å². The van der Waals surface area contributed by atoms with Crippen LogP contribution in [0, 0.1) is 0 Å². The Morgan fingerprint density at radius 2 is 2.03 bits per heavy atom. The Bertz CT molecular complexity index is 1110. The van der Waals surface area contributed by atoms with Gasteiger partial charge in [0.15, 0.2) is 5.69 Å². The van der Waals surface area contributed by atoms with E-state index in [4.69, 9.17) is 4.42 Å². The van der Waals surface area contributed by atoms with Crippen LogP contribution in [0.2, 0.25) is 0 Å². The van der Waals surface area contributed by atoms with Gasteiger partial charge in [-0.15, -0.1) is 10.2 Å². The lowest BCUT2D eigenvalue weighted by Crippen LogP contribution is -2.43. The number of amides is 1. The molecule has 0 spiro atoms. The predicted octanol–water partition coefficient (Wildman–Crippen LogP) is 2.79. The monoisotopic (exact) mass is 448 g/mol. The zero-order valence-electron chi connectivity index (χ0n) is 16.2. The Kier molecular flexibility index (Phi) is 5.88. The number of anilines is 1. The van der Waals surface area contributed by atoms with Gasteiger partial charge in [-0.2, -0.15) is 4.31 Å². The summed E-state index contributed by atoms with van der Waals surface area (Å²) in [5, 5.41) is 15.5. The molecular formula is C18H20N6O4S2. The molecule has 1 aliphatic heterocycles. The van der Waals surface area contributed by atoms with Crippen LogP contribution in [0.1, 0.15) is 43.0 Å². The quantitative estimate of drug-likeness (QED) is 0.609. The van der Waals surface area contributed by atoms with E-state index in [1.807, 2.05) is 6.92 Å². The van der Waals surface area contributed by atoms with E-state index in [9.17, 15) is 13.2 Å². The van der Waals surface area contributed by atoms with Gasteiger partial charge in [-0.1, -0.05) is 22.9 Å². The third-order valence-electron chi connectivity index (χ3n) is 4.99. The molecule has 0 bridgehead atoms. The molecule has 0 aliphatic carbocycles. The van der Waals surface area contributed by atoms with Crippen LogP contribution in [0.5, 0.6) is 0 Å². The highest BCUT2D eigenvalue weighted by atomic mass is 32.2. The summed E-state index contributed by atoms with van der Waals surface area (Å²) < 4.78 is 36.7. The molecule has 1 unspecified atom stereocenters. The van der Waals surface area contributed by atoms with Gasteiger partial charge in [0.1, 0.15) is 0 Å². The number of nitrogens with one attached hydrogen (secondary N) is 1. The van der Waals surface area contributed by atoms with Crippen LogP contribution >= 0.6 is 11.5 Å². The maximum Gasteiger partial charge on any atom is 0.322 e. The number of rotatable bonds is 6. The van der Waals surface area contributed by atoms with Gasteiger partial charge >= 0.3 is 6.01 Å². The number of nitrogens with zero attached hydrogens (tertiary/aromatic N) is 5. The van der Waals surface area contributed by atoms with E-state index in [0.717, 1.165) is 37.2 Å². The van der Waals surface area contributed by atoms with Gasteiger partial charge in [-0.25, -0.2) is 8.42 Å². The summed E-state index contributed by atoms with van der Waals surface area (Å²) in [5.74, 6) is -0.345. The first-order chi connectivity index (χ1) is 14.5. The minimum Gasteiger partial charge on any atom is -0.401 e. The summed E-state index contributed by atoms with van der Waals surface area (Å²) in [6.07, 6.45) is 3.56. The van der Waals surface area contributed by atoms with Crippen molar-refractivity contribution in [2.24, 2.45) is 0 Å². The van der Waals surface area contributed by atoms with Crippen LogP contribution < -0.4 is 5.32 Å². The van der Waals surface area contributed by atoms with Gasteiger partial charge in [0.05, 0.1) is 4.90 Å². The summed E-state index contributed by atoms with van der Waals surface area (Å²) in [6, 6.07) is 5.77. The normalized spacial score (nSPS) is 17.7. The highest BCUT2D eigenvalue weighted by Gasteiger charge is 2.32. The maximum absolute atomic E-state index is 13.0. The molecule has 1 atom stereocenters. The minimum absolute atomic E-state index is 0.0198. The molecular weight excluding hydrogens is 428 g/mol. The number of carbonyl (C=O) groups excluding carboxylic acids is 1. The van der Waals surface area contributed by atoms with Crippen LogP contribution in [0.25, 0.3) is 11.6 Å². The summed E-state index contributed by atoms with van der Waals surface area (Å²) in [7, 11) is -3.60. The van der Waals surface area contributed by atoms with Gasteiger partial charge in [0.2, 0.25) is 10.0 Å². The molecule has 1 aliphatic rings. The van der Waals surface area contributed by atoms with Gasteiger partial charge in [0, 0.05) is 23.5 Å². The second-order valence-corrected chi connectivity index (χ2v) is 9.36. The van der Waals surface area contributed by atoms with Gasteiger partial charge in [0.25, 0.3) is 11.8 Å². The van der Waals surface area contributed by atoms with Gasteiger partial charge in [-0.3, -0.25) is 10.1 Å². The molecule has 12 heteroatoms. The molecule has 0 radical (unpaired) electrons. The Morgan fingerprint density at radius 3 is 2.73 bits per heavy atom. The largest absolute Gasteiger partial charge is 0.401 e. The van der Waals surface area contributed by atoms with E-state index in [1.54, 1.807) is 9.69 Å². The molecule has 158 valence electrons. The molecule has 3 aromatic rings. The van der Waals surface area contributed by atoms with E-state index in [2.05, 4.69) is 25.1 Å². The first-order valence-electron chi connectivity index (χ1n) is 9.53. The number of hydrogen-bond donors (Lipinski definition) is 1. The van der Waals surface area contributed by atoms with Crippen molar-refractivity contribution >= 4 is 33.5 Å². The minimum atomic E-state index is -3.60. The molecule has 1 saturated heterocycles. The first kappa shape index (κ1) is 20.6. The third kappa shape index (κ3) is 4.11. The lowest BCUT2D eigenvalue weighted by Gasteiger charge is -2.34. The molecule has 1 amide bonds. The van der Waals surface area contributed by atoms with Crippen LogP contribution in [-0.2, 0) is 10.0 Å². The SMILES string of the molecule is CCC1CCCCN1S(=O)(=O)c1ccc(C(=O)Nc2nnc(-c3csnn3)o2)cc1. The number of piperidine rings is 1. The fraction of sp³-hybridized carbons (Fsp3) is 0.389. The molecule has 30 heavy (non-hydrogen) atoms. The highest BCUT2D eigenvalue weighted by molar-refractivity contribution is 7.89. The van der Waals surface area contributed by atoms with Crippen LogP contribution in [0.3, 0.4) is 0 Å². The molecule has 4 rings (SSSR count). The summed E-state index contributed by atoms with van der Waals surface area (Å²) in [6.45, 7) is 2.52. The Hall–Kier alpha value is -2.70. The van der Waals surface area contributed by atoms with E-state index in [1.165, 1.54) is 24.3 Å². The van der Waals surface area contributed by atoms with E-state index in [0.29, 0.717) is 12.2 Å². The standard InChI is InChI=1S/C18H20N6O4S2/c1-2-13-5-3-4-10-24(13)30(26,27)14-8-6-12(7-9-14)16(25)19-18-22-21-17(28-18)15-11-29-23-20-15/h6-9,11,13H,2-5,10H2,1H3,(H,19,22,25). The Morgan fingerprint density at radius 1 is 1.23 bits per heavy atom. The van der Waals surface area contributed by atoms with Crippen LogP contribution in [-0.4, -0.2) is 51.0 Å². The third-order valence-corrected chi connectivity index (χ3v) is 7.46. The van der Waals surface area contributed by atoms with Crippen molar-refractivity contribution in [3.05, 3.63) is 35.2 Å². The van der Waals surface area contributed by atoms with Crippen molar-refractivity contribution in [3.8, 4) is 11.6 Å². The Balaban J connectivity index is 1.47. The molecule has 10 nitrogen and oxygen atoms in total. The number of sulfonamides is 1. The lowest BCUT2D eigenvalue weighted by molar-refractivity contribution is 0.102. The summed E-state index contributed by atoms with van der Waals surface area (Å²) in [5.41, 5.74) is 0.695. The van der Waals surface area contributed by atoms with E-state index in [-0.39, 0.29) is 28.4 Å². The van der Waals surface area contributed by atoms with E-state index >= 15 is 0 Å². The highest BCUT2D eigenvalue weighted by Crippen LogP contribution is 2.27. The smallest absolute Gasteiger partial charge is 0.322 e. The number of hydrogen-bond acceptors (Lipinski definition) is 9. The molecule has 3 heterocycles. The lowest BCUT2D eigenvalue weighted by atomic mass is 10.0. The molecule has 0 saturated carbocycles. The number of benzene rings is 1. The zero-order valence-corrected chi connectivity index (χ0v) is 17.8. The molecule has 1 aromatic carbocycles. The molecule has 1 N–H and O–H groups in total. The van der Waals surface area contributed by atoms with Gasteiger partial charge in [-0.05, 0) is 55.1 Å².